The van der Waals surface area contributed by atoms with Crippen LogP contribution in [0.3, 0.4) is 0 Å². The number of rotatable bonds is 7. The number of aromatic nitrogens is 4. The standard InChI is InChI=1S/C24H23Cl2F2N5O5S/c1-37-22-20(33-9-15(30-31-33)11-5-13(27)18(26)14(28)6-11)21(35)16(10-34)38-24(22)39-17-7-12(25)8-29-19(17)23(36)32-3-2-4-32/h5-9,16,20-22,24,34-35H,2-4,10H2,1H3/t16?,20?,21-,22?,24+/m0/s1. The Hall–Kier alpha value is -2.39. The number of halogens is 4. The van der Waals surface area contributed by atoms with Crippen LogP contribution in [-0.2, 0) is 9.47 Å². The Bertz CT molecular complexity index is 1360. The summed E-state index contributed by atoms with van der Waals surface area (Å²) in [6.45, 7) is 0.725. The van der Waals surface area contributed by atoms with Gasteiger partial charge in [0, 0.05) is 36.9 Å². The first kappa shape index (κ1) is 28.1. The number of thioether (sulfide) groups is 1. The highest BCUT2D eigenvalue weighted by atomic mass is 35.5. The van der Waals surface area contributed by atoms with E-state index in [0.29, 0.717) is 23.0 Å². The number of aliphatic hydroxyl groups excluding tert-OH is 2. The SMILES string of the molecule is COC1C(n2cc(-c3cc(F)c(Cl)c(F)c3)nn2)[C@@H](O)C(CO)O[C@@H]1Sc1cc(Cl)cnc1C(=O)N1CCC1. The zero-order valence-corrected chi connectivity index (χ0v) is 22.7. The van der Waals surface area contributed by atoms with E-state index in [2.05, 4.69) is 15.3 Å². The highest BCUT2D eigenvalue weighted by Gasteiger charge is 2.48. The Morgan fingerprint density at radius 1 is 1.26 bits per heavy atom. The van der Waals surface area contributed by atoms with Crippen LogP contribution >= 0.6 is 35.0 Å². The number of likely N-dealkylation sites (tertiary alicyclic amines) is 1. The minimum Gasteiger partial charge on any atom is -0.394 e. The molecule has 0 saturated carbocycles. The number of ether oxygens (including phenoxy) is 2. The van der Waals surface area contributed by atoms with E-state index < -0.39 is 53.1 Å². The molecule has 2 fully saturated rings. The van der Waals surface area contributed by atoms with Crippen LogP contribution in [-0.4, -0.2) is 91.6 Å². The van der Waals surface area contributed by atoms with Gasteiger partial charge in [-0.15, -0.1) is 5.10 Å². The van der Waals surface area contributed by atoms with Crippen LogP contribution in [0.5, 0.6) is 0 Å². The second-order valence-electron chi connectivity index (χ2n) is 9.01. The Morgan fingerprint density at radius 2 is 1.97 bits per heavy atom. The summed E-state index contributed by atoms with van der Waals surface area (Å²) in [5, 5.41) is 28.8. The van der Waals surface area contributed by atoms with Crippen LogP contribution in [0, 0.1) is 11.6 Å². The molecule has 1 aromatic carbocycles. The van der Waals surface area contributed by atoms with Crippen molar-refractivity contribution in [2.24, 2.45) is 0 Å². The minimum atomic E-state index is -1.30. The summed E-state index contributed by atoms with van der Waals surface area (Å²) in [5.74, 6) is -2.17. The fourth-order valence-corrected chi connectivity index (χ4v) is 6.07. The predicted molar refractivity (Wildman–Crippen MR) is 138 cm³/mol. The first-order valence-electron chi connectivity index (χ1n) is 11.9. The largest absolute Gasteiger partial charge is 0.394 e. The molecule has 0 radical (unpaired) electrons. The zero-order valence-electron chi connectivity index (χ0n) is 20.4. The Balaban J connectivity index is 1.47. The summed E-state index contributed by atoms with van der Waals surface area (Å²) in [6.07, 6.45) is 0.446. The van der Waals surface area contributed by atoms with Gasteiger partial charge in [-0.3, -0.25) is 4.79 Å². The van der Waals surface area contributed by atoms with Crippen molar-refractivity contribution in [3.8, 4) is 11.3 Å². The maximum atomic E-state index is 14.0. The summed E-state index contributed by atoms with van der Waals surface area (Å²) < 4.78 is 41.1. The van der Waals surface area contributed by atoms with Crippen molar-refractivity contribution in [3.05, 3.63) is 58.0 Å². The van der Waals surface area contributed by atoms with E-state index in [-0.39, 0.29) is 22.9 Å². The summed E-state index contributed by atoms with van der Waals surface area (Å²) in [5.41, 5.74) is -0.466. The van der Waals surface area contributed by atoms with Crippen LogP contribution in [0.25, 0.3) is 11.3 Å². The number of methoxy groups -OCH3 is 1. The van der Waals surface area contributed by atoms with Crippen LogP contribution in [0.2, 0.25) is 10.0 Å². The van der Waals surface area contributed by atoms with E-state index in [4.69, 9.17) is 32.7 Å². The zero-order chi connectivity index (χ0) is 27.8. The van der Waals surface area contributed by atoms with E-state index in [0.717, 1.165) is 30.3 Å². The lowest BCUT2D eigenvalue weighted by Crippen LogP contribution is -2.55. The molecule has 39 heavy (non-hydrogen) atoms. The highest BCUT2D eigenvalue weighted by Crippen LogP contribution is 2.41. The van der Waals surface area contributed by atoms with Gasteiger partial charge in [0.2, 0.25) is 0 Å². The van der Waals surface area contributed by atoms with Gasteiger partial charge >= 0.3 is 0 Å². The molecule has 208 valence electrons. The van der Waals surface area contributed by atoms with Gasteiger partial charge in [0.15, 0.2) is 0 Å². The number of aliphatic hydroxyl groups is 2. The van der Waals surface area contributed by atoms with Gasteiger partial charge in [0.25, 0.3) is 5.91 Å². The number of pyridine rings is 1. The molecular weight excluding hydrogens is 579 g/mol. The second-order valence-corrected chi connectivity index (χ2v) is 11.0. The van der Waals surface area contributed by atoms with Gasteiger partial charge in [-0.2, -0.15) is 0 Å². The number of hydrogen-bond acceptors (Lipinski definition) is 9. The summed E-state index contributed by atoms with van der Waals surface area (Å²) in [7, 11) is 1.41. The lowest BCUT2D eigenvalue weighted by atomic mass is 9.97. The fraction of sp³-hybridized carbons (Fsp3) is 0.417. The van der Waals surface area contributed by atoms with Crippen molar-refractivity contribution in [2.75, 3.05) is 26.8 Å². The van der Waals surface area contributed by atoms with Gasteiger partial charge in [-0.1, -0.05) is 40.2 Å². The third kappa shape index (κ3) is 5.49. The molecule has 15 heteroatoms. The van der Waals surface area contributed by atoms with Crippen LogP contribution < -0.4 is 0 Å². The Morgan fingerprint density at radius 3 is 2.59 bits per heavy atom. The molecule has 2 N–H and O–H groups in total. The summed E-state index contributed by atoms with van der Waals surface area (Å²) in [6, 6.07) is 2.69. The summed E-state index contributed by atoms with van der Waals surface area (Å²) >= 11 is 12.9. The summed E-state index contributed by atoms with van der Waals surface area (Å²) in [4.78, 5) is 19.3. The fourth-order valence-electron chi connectivity index (χ4n) is 4.43. The number of carbonyl (C=O) groups excluding carboxylic acids is 1. The van der Waals surface area contributed by atoms with Crippen molar-refractivity contribution >= 4 is 40.9 Å². The normalized spacial score (nSPS) is 25.0. The molecule has 0 bridgehead atoms. The molecule has 1 amide bonds. The third-order valence-electron chi connectivity index (χ3n) is 6.60. The van der Waals surface area contributed by atoms with Crippen molar-refractivity contribution in [1.82, 2.24) is 24.9 Å². The molecule has 2 aromatic heterocycles. The van der Waals surface area contributed by atoms with Crippen LogP contribution in [0.15, 0.2) is 35.5 Å². The van der Waals surface area contributed by atoms with Gasteiger partial charge in [0.05, 0.1) is 17.8 Å². The number of nitrogens with zero attached hydrogens (tertiary/aromatic N) is 5. The van der Waals surface area contributed by atoms with Crippen LogP contribution in [0.1, 0.15) is 23.0 Å². The van der Waals surface area contributed by atoms with Gasteiger partial charge < -0.3 is 24.6 Å². The molecule has 3 aromatic rings. The van der Waals surface area contributed by atoms with E-state index >= 15 is 0 Å². The molecule has 4 heterocycles. The molecule has 5 rings (SSSR count). The molecule has 5 atom stereocenters. The lowest BCUT2D eigenvalue weighted by molar-refractivity contribution is -0.186. The lowest BCUT2D eigenvalue weighted by Gasteiger charge is -2.43. The molecule has 3 unspecified atom stereocenters. The average Bonchev–Trinajstić information content (AvgIpc) is 3.36. The number of hydrogen-bond donors (Lipinski definition) is 2. The topological polar surface area (TPSA) is 123 Å². The average molecular weight is 602 g/mol. The van der Waals surface area contributed by atoms with Crippen molar-refractivity contribution < 1.29 is 33.3 Å². The van der Waals surface area contributed by atoms with E-state index in [9.17, 15) is 23.8 Å². The van der Waals surface area contributed by atoms with Gasteiger partial charge in [-0.05, 0) is 24.6 Å². The second kappa shape index (κ2) is 11.6. The van der Waals surface area contributed by atoms with Crippen molar-refractivity contribution in [2.45, 2.75) is 41.1 Å². The maximum Gasteiger partial charge on any atom is 0.273 e. The molecule has 2 aliphatic rings. The van der Waals surface area contributed by atoms with Crippen molar-refractivity contribution in [3.63, 3.8) is 0 Å². The van der Waals surface area contributed by atoms with Crippen molar-refractivity contribution in [1.29, 1.82) is 0 Å². The monoisotopic (exact) mass is 601 g/mol. The quantitative estimate of drug-likeness (QED) is 0.393. The van der Waals surface area contributed by atoms with Gasteiger partial charge in [0.1, 0.15) is 57.8 Å². The number of amides is 1. The molecular formula is C24H23Cl2F2N5O5S. The third-order valence-corrected chi connectivity index (χ3v) is 8.34. The maximum absolute atomic E-state index is 14.0. The first-order chi connectivity index (χ1) is 18.7. The molecule has 0 spiro atoms. The van der Waals surface area contributed by atoms with E-state index in [1.165, 1.54) is 24.2 Å². The molecule has 2 aliphatic heterocycles. The van der Waals surface area contributed by atoms with Crippen LogP contribution in [0.4, 0.5) is 8.78 Å². The highest BCUT2D eigenvalue weighted by molar-refractivity contribution is 8.00. The Kier molecular flexibility index (Phi) is 8.38. The number of carbonyl (C=O) groups is 1. The molecule has 0 aliphatic carbocycles. The molecule has 10 nitrogen and oxygen atoms in total. The van der Waals surface area contributed by atoms with E-state index in [1.807, 2.05) is 0 Å². The Labute approximate surface area is 235 Å². The van der Waals surface area contributed by atoms with E-state index in [1.54, 1.807) is 11.0 Å². The smallest absolute Gasteiger partial charge is 0.273 e. The molecule has 2 saturated heterocycles. The first-order valence-corrected chi connectivity index (χ1v) is 13.5. The predicted octanol–water partition coefficient (Wildman–Crippen LogP) is 3.20. The minimum absolute atomic E-state index is 0.0833. The van der Waals surface area contributed by atoms with Gasteiger partial charge in [-0.25, -0.2) is 18.4 Å². The number of benzene rings is 1.